The van der Waals surface area contributed by atoms with Crippen LogP contribution in [0.25, 0.3) is 0 Å². The average Bonchev–Trinajstić information content (AvgIpc) is 2.78. The summed E-state index contributed by atoms with van der Waals surface area (Å²) >= 11 is 0. The van der Waals surface area contributed by atoms with Crippen molar-refractivity contribution in [1.29, 1.82) is 0 Å². The molecule has 0 rings (SSSR count). The number of esters is 2. The van der Waals surface area contributed by atoms with Gasteiger partial charge in [-0.3, -0.25) is 9.59 Å². The number of ether oxygens (including phenoxy) is 2. The molecule has 186 valence electrons. The summed E-state index contributed by atoms with van der Waals surface area (Å²) in [4.78, 5) is 20.5. The molecule has 1 N–H and O–H groups in total. The molecule has 0 spiro atoms. The minimum Gasteiger partial charge on any atom is -0.463 e. The van der Waals surface area contributed by atoms with Gasteiger partial charge in [0.05, 0.1) is 0 Å². The smallest absolute Gasteiger partial charge is 0.302 e. The molecule has 0 aliphatic heterocycles. The fourth-order valence-electron chi connectivity index (χ4n) is 1.57. The van der Waals surface area contributed by atoms with E-state index in [1.807, 2.05) is 34.6 Å². The van der Waals surface area contributed by atoms with E-state index in [4.69, 9.17) is 5.11 Å². The lowest BCUT2D eigenvalue weighted by Gasteiger charge is -2.09. The van der Waals surface area contributed by atoms with Gasteiger partial charge in [-0.15, -0.1) is 0 Å². The van der Waals surface area contributed by atoms with Crippen LogP contribution in [0.1, 0.15) is 81.1 Å². The molecule has 0 heterocycles. The second kappa shape index (κ2) is 36.0. The highest BCUT2D eigenvalue weighted by atomic mass is 16.6. The minimum atomic E-state index is -0.946. The van der Waals surface area contributed by atoms with Crippen molar-refractivity contribution in [2.75, 3.05) is 13.2 Å². The fraction of sp³-hybridized carbons (Fsp3) is 0.556. The third-order valence-electron chi connectivity index (χ3n) is 3.05. The fourth-order valence-corrected chi connectivity index (χ4v) is 1.57. The number of hydrogen-bond donors (Lipinski definition) is 1. The van der Waals surface area contributed by atoms with Gasteiger partial charge in [-0.25, -0.2) is 0 Å². The zero-order valence-corrected chi connectivity index (χ0v) is 21.7. The molecule has 0 aromatic heterocycles. The Balaban J connectivity index is -0.000000182. The standard InChI is InChI=1S/C11H18.C7H12O5.C7H12.C2H6/c1-3-5-7-9-11-10-8-6-4-2;1-5(8)11-3-7(10)4-12-6(2)9;1-3-5-7-6-4-2;1-2/h3,5-6,8-9,11H,4,7,10H2,1-2H3;7,10H,3-4H2,1-2H3;3-6H,7H2,1-2H3;1-2H3/b5-3-,8-6-,11-9-;;5-3-,6-4-;. The Hall–Kier alpha value is -2.40. The van der Waals surface area contributed by atoms with Crippen molar-refractivity contribution < 1.29 is 24.2 Å². The number of allylic oxidation sites excluding steroid dienone is 10. The first kappa shape index (κ1) is 36.9. The number of carbonyl (C=O) groups is 2. The summed E-state index contributed by atoms with van der Waals surface area (Å²) in [5.74, 6) is -0.950. The topological polar surface area (TPSA) is 72.8 Å². The summed E-state index contributed by atoms with van der Waals surface area (Å²) in [5, 5.41) is 8.99. The lowest BCUT2D eigenvalue weighted by Crippen LogP contribution is -2.24. The zero-order chi connectivity index (χ0) is 25.5. The number of aliphatic hydroxyl groups excluding tert-OH is 1. The van der Waals surface area contributed by atoms with Gasteiger partial charge in [-0.1, -0.05) is 81.5 Å². The highest BCUT2D eigenvalue weighted by Crippen LogP contribution is 1.91. The summed E-state index contributed by atoms with van der Waals surface area (Å²) in [5.41, 5.74) is 0. The molecule has 0 saturated heterocycles. The lowest BCUT2D eigenvalue weighted by atomic mass is 10.3. The molecule has 0 radical (unpaired) electrons. The molecule has 0 amide bonds. The molecule has 0 bridgehead atoms. The van der Waals surface area contributed by atoms with E-state index in [2.05, 4.69) is 77.2 Å². The van der Waals surface area contributed by atoms with Gasteiger partial charge in [0.25, 0.3) is 0 Å². The largest absolute Gasteiger partial charge is 0.463 e. The maximum atomic E-state index is 10.2. The first-order chi connectivity index (χ1) is 15.3. The molecule has 0 atom stereocenters. The number of carbonyl (C=O) groups excluding carboxylic acids is 2. The van der Waals surface area contributed by atoms with Gasteiger partial charge >= 0.3 is 11.9 Å². The van der Waals surface area contributed by atoms with Crippen LogP contribution in [0, 0.1) is 0 Å². The van der Waals surface area contributed by atoms with Crippen molar-refractivity contribution >= 4 is 11.9 Å². The Morgan fingerprint density at radius 3 is 1.31 bits per heavy atom. The maximum absolute atomic E-state index is 10.2. The lowest BCUT2D eigenvalue weighted by molar-refractivity contribution is -0.149. The Morgan fingerprint density at radius 1 is 0.688 bits per heavy atom. The quantitative estimate of drug-likeness (QED) is 0.273. The Labute approximate surface area is 197 Å². The molecule has 0 aromatic carbocycles. The van der Waals surface area contributed by atoms with Crippen molar-refractivity contribution in [3.63, 3.8) is 0 Å². The van der Waals surface area contributed by atoms with Gasteiger partial charge in [-0.2, -0.15) is 0 Å². The van der Waals surface area contributed by atoms with E-state index in [9.17, 15) is 9.59 Å². The van der Waals surface area contributed by atoms with Crippen molar-refractivity contribution in [1.82, 2.24) is 0 Å². The maximum Gasteiger partial charge on any atom is 0.302 e. The van der Waals surface area contributed by atoms with Gasteiger partial charge in [0, 0.05) is 13.8 Å². The Morgan fingerprint density at radius 2 is 1.00 bits per heavy atom. The third-order valence-corrected chi connectivity index (χ3v) is 3.05. The van der Waals surface area contributed by atoms with E-state index >= 15 is 0 Å². The van der Waals surface area contributed by atoms with Crippen LogP contribution < -0.4 is 0 Å². The predicted molar refractivity (Wildman–Crippen MR) is 137 cm³/mol. The van der Waals surface area contributed by atoms with E-state index < -0.39 is 18.0 Å². The highest BCUT2D eigenvalue weighted by Gasteiger charge is 2.07. The second-order valence-electron chi connectivity index (χ2n) is 6.02. The molecule has 0 aliphatic carbocycles. The van der Waals surface area contributed by atoms with E-state index in [1.165, 1.54) is 13.8 Å². The number of rotatable bonds is 11. The molecule has 5 heteroatoms. The van der Waals surface area contributed by atoms with E-state index in [0.717, 1.165) is 25.7 Å². The normalized spacial score (nSPS) is 10.7. The van der Waals surface area contributed by atoms with Crippen LogP contribution in [0.5, 0.6) is 0 Å². The van der Waals surface area contributed by atoms with Crippen LogP contribution >= 0.6 is 0 Å². The predicted octanol–water partition coefficient (Wildman–Crippen LogP) is 6.89. The summed E-state index contributed by atoms with van der Waals surface area (Å²) in [6.45, 7) is 14.4. The van der Waals surface area contributed by atoms with Crippen molar-refractivity contribution in [3.8, 4) is 0 Å². The van der Waals surface area contributed by atoms with E-state index in [1.54, 1.807) is 0 Å². The van der Waals surface area contributed by atoms with Gasteiger partial charge in [0.15, 0.2) is 0 Å². The van der Waals surface area contributed by atoms with Crippen LogP contribution in [0.3, 0.4) is 0 Å². The monoisotopic (exact) mass is 452 g/mol. The van der Waals surface area contributed by atoms with Crippen LogP contribution in [-0.2, 0) is 19.1 Å². The average molecular weight is 453 g/mol. The van der Waals surface area contributed by atoms with Gasteiger partial charge < -0.3 is 14.6 Å². The zero-order valence-electron chi connectivity index (χ0n) is 21.7. The molecule has 32 heavy (non-hydrogen) atoms. The molecule has 0 aromatic rings. The molecule has 0 fully saturated rings. The van der Waals surface area contributed by atoms with Crippen LogP contribution in [0.15, 0.2) is 60.8 Å². The van der Waals surface area contributed by atoms with E-state index in [-0.39, 0.29) is 13.2 Å². The van der Waals surface area contributed by atoms with E-state index in [0.29, 0.717) is 0 Å². The molecule has 5 nitrogen and oxygen atoms in total. The van der Waals surface area contributed by atoms with Crippen LogP contribution in [-0.4, -0.2) is 36.4 Å². The first-order valence-corrected chi connectivity index (χ1v) is 11.4. The molecule has 0 aliphatic rings. The van der Waals surface area contributed by atoms with Crippen LogP contribution in [0.4, 0.5) is 0 Å². The Kier molecular flexibility index (Phi) is 41.6. The van der Waals surface area contributed by atoms with Gasteiger partial charge in [0.2, 0.25) is 0 Å². The summed E-state index contributed by atoms with van der Waals surface area (Å²) in [6, 6.07) is 0. The summed E-state index contributed by atoms with van der Waals surface area (Å²) in [7, 11) is 0. The van der Waals surface area contributed by atoms with Crippen molar-refractivity contribution in [2.45, 2.75) is 87.2 Å². The second-order valence-corrected chi connectivity index (χ2v) is 6.02. The van der Waals surface area contributed by atoms with Gasteiger partial charge in [0.1, 0.15) is 19.3 Å². The van der Waals surface area contributed by atoms with Crippen LogP contribution in [0.2, 0.25) is 0 Å². The number of aliphatic hydroxyl groups is 1. The highest BCUT2D eigenvalue weighted by molar-refractivity contribution is 5.66. The summed E-state index contributed by atoms with van der Waals surface area (Å²) in [6.07, 6.45) is 24.8. The minimum absolute atomic E-state index is 0.150. The summed E-state index contributed by atoms with van der Waals surface area (Å²) < 4.78 is 8.91. The van der Waals surface area contributed by atoms with Crippen molar-refractivity contribution in [2.24, 2.45) is 0 Å². The molecule has 0 unspecified atom stereocenters. The molecule has 0 saturated carbocycles. The van der Waals surface area contributed by atoms with Crippen molar-refractivity contribution in [3.05, 3.63) is 60.8 Å². The molecular weight excluding hydrogens is 404 g/mol. The Bertz CT molecular complexity index is 500. The SMILES string of the molecule is C/C=C\C/C=C\C.C/C=C\C/C=C\C/C=C\CC.CC.CC(=O)OCC(O)COC(C)=O. The number of hydrogen-bond acceptors (Lipinski definition) is 5. The third kappa shape index (κ3) is 50.8. The van der Waals surface area contributed by atoms with Gasteiger partial charge in [-0.05, 0) is 46.5 Å². The molecular formula is C27H48O5. The first-order valence-electron chi connectivity index (χ1n) is 11.4.